The van der Waals surface area contributed by atoms with Crippen LogP contribution in [0.4, 0.5) is 10.1 Å². The molecule has 2 N–H and O–H groups in total. The molecule has 0 aliphatic heterocycles. The van der Waals surface area contributed by atoms with E-state index >= 15 is 0 Å². The van der Waals surface area contributed by atoms with E-state index in [0.717, 1.165) is 11.4 Å². The average molecular weight is 239 g/mol. The fourth-order valence-electron chi connectivity index (χ4n) is 1.16. The van der Waals surface area contributed by atoms with Crippen molar-refractivity contribution in [1.29, 1.82) is 0 Å². The van der Waals surface area contributed by atoms with Gasteiger partial charge in [-0.3, -0.25) is 0 Å². The van der Waals surface area contributed by atoms with Gasteiger partial charge in [-0.1, -0.05) is 10.3 Å². The van der Waals surface area contributed by atoms with Crippen LogP contribution in [0.1, 0.15) is 11.4 Å². The second kappa shape index (κ2) is 4.52. The molecule has 2 rings (SSSR count). The predicted molar refractivity (Wildman–Crippen MR) is 59.4 cm³/mol. The second-order valence-electron chi connectivity index (χ2n) is 3.27. The van der Waals surface area contributed by atoms with Gasteiger partial charge in [-0.25, -0.2) is 9.02 Å². The van der Waals surface area contributed by atoms with Crippen molar-refractivity contribution in [3.63, 3.8) is 0 Å². The van der Waals surface area contributed by atoms with E-state index in [1.165, 1.54) is 17.8 Å². The van der Waals surface area contributed by atoms with Crippen LogP contribution >= 0.6 is 11.8 Å². The maximum absolute atomic E-state index is 13.4. The molecule has 0 spiro atoms. The summed E-state index contributed by atoms with van der Waals surface area (Å²) < 4.78 is 18.0. The number of hydrogen-bond acceptors (Lipinski definition) is 5. The Bertz CT molecular complexity index is 501. The summed E-state index contributed by atoms with van der Waals surface area (Å²) in [5, 5.41) is 7.38. The number of nitrogens with two attached hydrogens (primary N) is 1. The Kier molecular flexibility index (Phi) is 3.09. The third kappa shape index (κ3) is 2.33. The lowest BCUT2D eigenvalue weighted by Gasteiger charge is -2.02. The minimum atomic E-state index is -0.320. The Labute approximate surface area is 96.0 Å². The number of nitrogen functional groups attached to an aromatic ring is 1. The maximum atomic E-state index is 13.4. The Morgan fingerprint density at radius 1 is 1.44 bits per heavy atom. The highest BCUT2D eigenvalue weighted by Crippen LogP contribution is 2.26. The van der Waals surface area contributed by atoms with E-state index in [2.05, 4.69) is 14.9 Å². The topological polar surface area (TPSA) is 64.9 Å². The average Bonchev–Trinajstić information content (AvgIpc) is 2.63. The van der Waals surface area contributed by atoms with Gasteiger partial charge in [-0.05, 0) is 25.1 Å². The number of hydrogen-bond donors (Lipinski definition) is 1. The summed E-state index contributed by atoms with van der Waals surface area (Å²) in [4.78, 5) is 0.539. The van der Waals surface area contributed by atoms with Crippen molar-refractivity contribution >= 4 is 17.4 Å². The smallest absolute Gasteiger partial charge is 0.138 e. The minimum Gasteiger partial charge on any atom is -0.399 e. The van der Waals surface area contributed by atoms with E-state index in [4.69, 9.17) is 5.73 Å². The number of nitrogens with zero attached hydrogens (tertiary/aromatic N) is 2. The first kappa shape index (κ1) is 10.9. The first-order valence-corrected chi connectivity index (χ1v) is 5.61. The van der Waals surface area contributed by atoms with E-state index in [0.29, 0.717) is 16.3 Å². The van der Waals surface area contributed by atoms with E-state index in [1.807, 2.05) is 0 Å². The maximum Gasteiger partial charge on any atom is 0.138 e. The zero-order valence-electron chi connectivity index (χ0n) is 8.61. The van der Waals surface area contributed by atoms with Crippen LogP contribution in [0.25, 0.3) is 0 Å². The minimum absolute atomic E-state index is 0.320. The van der Waals surface area contributed by atoms with Crippen LogP contribution in [0.2, 0.25) is 0 Å². The van der Waals surface area contributed by atoms with Crippen molar-refractivity contribution in [2.24, 2.45) is 0 Å². The largest absolute Gasteiger partial charge is 0.399 e. The number of benzene rings is 1. The van der Waals surface area contributed by atoms with Crippen molar-refractivity contribution in [1.82, 2.24) is 10.3 Å². The highest BCUT2D eigenvalue weighted by Gasteiger charge is 2.08. The van der Waals surface area contributed by atoms with Gasteiger partial charge in [0.15, 0.2) is 0 Å². The normalized spacial score (nSPS) is 10.6. The third-order valence-corrected chi connectivity index (χ3v) is 3.13. The van der Waals surface area contributed by atoms with Crippen molar-refractivity contribution in [2.45, 2.75) is 17.6 Å². The van der Waals surface area contributed by atoms with Crippen LogP contribution in [0.3, 0.4) is 0 Å². The second-order valence-corrected chi connectivity index (χ2v) is 4.29. The summed E-state index contributed by atoms with van der Waals surface area (Å²) in [6.45, 7) is 1.80. The zero-order chi connectivity index (χ0) is 11.5. The molecule has 0 saturated carbocycles. The molecule has 0 radical (unpaired) electrons. The van der Waals surface area contributed by atoms with Gasteiger partial charge in [-0.2, -0.15) is 0 Å². The number of thioether (sulfide) groups is 1. The molecular weight excluding hydrogens is 229 g/mol. The standard InChI is InChI=1S/C10H10FN3OS/c1-6-9(14-15-13-6)5-16-10-3-2-7(12)4-8(10)11/h2-4H,5,12H2,1H3. The third-order valence-electron chi connectivity index (χ3n) is 2.07. The van der Waals surface area contributed by atoms with Crippen LogP contribution in [0.5, 0.6) is 0 Å². The number of anilines is 1. The number of halogens is 1. The lowest BCUT2D eigenvalue weighted by Crippen LogP contribution is -1.89. The molecule has 2 aromatic rings. The molecule has 84 valence electrons. The SMILES string of the molecule is Cc1nonc1CSc1ccc(N)cc1F. The van der Waals surface area contributed by atoms with Gasteiger partial charge < -0.3 is 5.73 Å². The highest BCUT2D eigenvalue weighted by atomic mass is 32.2. The Balaban J connectivity index is 2.08. The molecule has 0 fully saturated rings. The van der Waals surface area contributed by atoms with Gasteiger partial charge in [0.25, 0.3) is 0 Å². The Hall–Kier alpha value is -1.56. The summed E-state index contributed by atoms with van der Waals surface area (Å²) in [7, 11) is 0. The molecule has 0 unspecified atom stereocenters. The first-order valence-electron chi connectivity index (χ1n) is 4.62. The lowest BCUT2D eigenvalue weighted by atomic mass is 10.3. The fraction of sp³-hybridized carbons (Fsp3) is 0.200. The van der Waals surface area contributed by atoms with E-state index in [-0.39, 0.29) is 5.82 Å². The van der Waals surface area contributed by atoms with Crippen molar-refractivity contribution in [2.75, 3.05) is 5.73 Å². The molecule has 0 bridgehead atoms. The van der Waals surface area contributed by atoms with Crippen LogP contribution < -0.4 is 5.73 Å². The van der Waals surface area contributed by atoms with Crippen LogP contribution in [0.15, 0.2) is 27.7 Å². The summed E-state index contributed by atoms with van der Waals surface area (Å²) in [5.74, 6) is 0.204. The van der Waals surface area contributed by atoms with Crippen LogP contribution in [0, 0.1) is 12.7 Å². The molecule has 16 heavy (non-hydrogen) atoms. The van der Waals surface area contributed by atoms with Gasteiger partial charge >= 0.3 is 0 Å². The molecule has 4 nitrogen and oxygen atoms in total. The van der Waals surface area contributed by atoms with E-state index in [9.17, 15) is 4.39 Å². The van der Waals surface area contributed by atoms with Gasteiger partial charge in [-0.15, -0.1) is 11.8 Å². The molecule has 0 atom stereocenters. The first-order chi connectivity index (χ1) is 7.66. The zero-order valence-corrected chi connectivity index (χ0v) is 9.42. The molecule has 0 aliphatic carbocycles. The molecule has 1 aromatic carbocycles. The summed E-state index contributed by atoms with van der Waals surface area (Å²) >= 11 is 1.33. The van der Waals surface area contributed by atoms with Gasteiger partial charge in [0, 0.05) is 16.3 Å². The number of aromatic nitrogens is 2. The van der Waals surface area contributed by atoms with Crippen molar-refractivity contribution < 1.29 is 9.02 Å². The predicted octanol–water partition coefficient (Wildman–Crippen LogP) is 2.39. The lowest BCUT2D eigenvalue weighted by molar-refractivity contribution is 0.302. The molecule has 0 amide bonds. The fourth-order valence-corrected chi connectivity index (χ4v) is 2.08. The summed E-state index contributed by atoms with van der Waals surface area (Å²) in [6, 6.07) is 4.62. The van der Waals surface area contributed by atoms with Crippen molar-refractivity contribution in [3.8, 4) is 0 Å². The number of aryl methyl sites for hydroxylation is 1. The van der Waals surface area contributed by atoms with Gasteiger partial charge in [0.05, 0.1) is 0 Å². The van der Waals surface area contributed by atoms with Crippen molar-refractivity contribution in [3.05, 3.63) is 35.4 Å². The molecule has 1 heterocycles. The van der Waals surface area contributed by atoms with E-state index in [1.54, 1.807) is 19.1 Å². The molecule has 1 aromatic heterocycles. The molecule has 6 heteroatoms. The molecule has 0 saturated heterocycles. The highest BCUT2D eigenvalue weighted by molar-refractivity contribution is 7.98. The monoisotopic (exact) mass is 239 g/mol. The Morgan fingerprint density at radius 2 is 2.25 bits per heavy atom. The number of rotatable bonds is 3. The quantitative estimate of drug-likeness (QED) is 0.658. The summed E-state index contributed by atoms with van der Waals surface area (Å²) in [6.07, 6.45) is 0. The van der Waals surface area contributed by atoms with E-state index < -0.39 is 0 Å². The molecular formula is C10H10FN3OS. The van der Waals surface area contributed by atoms with Gasteiger partial charge in [0.1, 0.15) is 17.2 Å². The molecule has 0 aliphatic rings. The van der Waals surface area contributed by atoms with Crippen LogP contribution in [-0.2, 0) is 5.75 Å². The summed E-state index contributed by atoms with van der Waals surface area (Å²) in [5.41, 5.74) is 7.32. The Morgan fingerprint density at radius 3 is 2.88 bits per heavy atom. The van der Waals surface area contributed by atoms with Crippen LogP contribution in [-0.4, -0.2) is 10.3 Å². The van der Waals surface area contributed by atoms with Gasteiger partial charge in [0.2, 0.25) is 0 Å².